The predicted molar refractivity (Wildman–Crippen MR) is 108 cm³/mol. The minimum absolute atomic E-state index is 0.0120. The largest absolute Gasteiger partial charge is 0.348 e. The lowest BCUT2D eigenvalue weighted by Crippen LogP contribution is -2.31. The van der Waals surface area contributed by atoms with Crippen molar-refractivity contribution in [2.75, 3.05) is 20.1 Å². The molecule has 1 amide bonds. The third-order valence-electron chi connectivity index (χ3n) is 5.85. The van der Waals surface area contributed by atoms with Crippen molar-refractivity contribution >= 4 is 5.91 Å². The maximum atomic E-state index is 11.9. The first kappa shape index (κ1) is 17.1. The molecule has 142 valence electrons. The number of nitrogens with zero attached hydrogens (tertiary/aromatic N) is 4. The lowest BCUT2D eigenvalue weighted by molar-refractivity contribution is 0.0966. The number of pyridine rings is 1. The maximum absolute atomic E-state index is 11.9. The molecule has 0 atom stereocenters. The molecule has 4 heterocycles. The van der Waals surface area contributed by atoms with Gasteiger partial charge >= 0.3 is 0 Å². The van der Waals surface area contributed by atoms with Gasteiger partial charge in [0, 0.05) is 41.8 Å². The Kier molecular flexibility index (Phi) is 4.20. The van der Waals surface area contributed by atoms with Crippen molar-refractivity contribution < 1.29 is 4.79 Å². The van der Waals surface area contributed by atoms with Crippen molar-refractivity contribution in [3.8, 4) is 22.4 Å². The molecule has 0 aliphatic carbocycles. The van der Waals surface area contributed by atoms with E-state index in [0.29, 0.717) is 12.6 Å². The van der Waals surface area contributed by atoms with Gasteiger partial charge in [-0.3, -0.25) is 14.5 Å². The molecule has 1 saturated heterocycles. The zero-order valence-electron chi connectivity index (χ0n) is 15.9. The first-order valence-electron chi connectivity index (χ1n) is 9.78. The third kappa shape index (κ3) is 2.99. The molecule has 1 aromatic carbocycles. The molecule has 3 aromatic rings. The summed E-state index contributed by atoms with van der Waals surface area (Å²) in [5.41, 5.74) is 6.06. The fraction of sp³-hybridized carbons (Fsp3) is 0.318. The Balaban J connectivity index is 1.59. The third-order valence-corrected chi connectivity index (χ3v) is 5.85. The van der Waals surface area contributed by atoms with E-state index in [1.807, 2.05) is 24.3 Å². The smallest absolute Gasteiger partial charge is 0.251 e. The minimum atomic E-state index is 0.0120. The van der Waals surface area contributed by atoms with Crippen LogP contribution in [0.1, 0.15) is 34.8 Å². The average molecular weight is 373 g/mol. The summed E-state index contributed by atoms with van der Waals surface area (Å²) in [4.78, 5) is 18.4. The van der Waals surface area contributed by atoms with E-state index in [2.05, 4.69) is 39.2 Å². The first-order chi connectivity index (χ1) is 13.7. The summed E-state index contributed by atoms with van der Waals surface area (Å²) < 4.78 is 2.15. The van der Waals surface area contributed by atoms with Gasteiger partial charge in [-0.15, -0.1) is 0 Å². The highest BCUT2D eigenvalue weighted by Gasteiger charge is 2.24. The molecule has 1 fully saturated rings. The van der Waals surface area contributed by atoms with E-state index >= 15 is 0 Å². The van der Waals surface area contributed by atoms with Gasteiger partial charge in [0.05, 0.1) is 6.04 Å². The molecule has 2 aromatic heterocycles. The molecule has 0 radical (unpaired) electrons. The number of piperidine rings is 1. The molecule has 5 rings (SSSR count). The van der Waals surface area contributed by atoms with Crippen LogP contribution in [0.15, 0.2) is 48.9 Å². The van der Waals surface area contributed by atoms with Gasteiger partial charge < -0.3 is 10.2 Å². The van der Waals surface area contributed by atoms with Crippen molar-refractivity contribution in [1.82, 2.24) is 25.0 Å². The zero-order chi connectivity index (χ0) is 19.1. The van der Waals surface area contributed by atoms with Gasteiger partial charge in [-0.05, 0) is 68.4 Å². The molecule has 0 spiro atoms. The van der Waals surface area contributed by atoms with Gasteiger partial charge in [0.2, 0.25) is 0 Å². The summed E-state index contributed by atoms with van der Waals surface area (Å²) in [6.45, 7) is 2.78. The Hall–Kier alpha value is -2.99. The standard InChI is InChI=1S/C22H23N5O/c1-26-10-6-18(7-11-26)27-14-20(21(25-27)15-4-8-23-9-5-15)16-2-3-19-17(12-16)13-24-22(19)28/h2-5,8-9,12,14,18H,6-7,10-11,13H2,1H3,(H,24,28). The maximum Gasteiger partial charge on any atom is 0.251 e. The molecule has 6 nitrogen and oxygen atoms in total. The first-order valence-corrected chi connectivity index (χ1v) is 9.78. The predicted octanol–water partition coefficient (Wildman–Crippen LogP) is 3.12. The average Bonchev–Trinajstić information content (AvgIpc) is 3.33. The second-order valence-electron chi connectivity index (χ2n) is 7.70. The molecule has 2 aliphatic rings. The number of nitrogens with one attached hydrogen (secondary N) is 1. The molecule has 1 N–H and O–H groups in total. The van der Waals surface area contributed by atoms with Gasteiger partial charge in [-0.25, -0.2) is 0 Å². The molecule has 0 unspecified atom stereocenters. The van der Waals surface area contributed by atoms with Crippen LogP contribution in [-0.2, 0) is 6.54 Å². The normalized spacial score (nSPS) is 17.5. The van der Waals surface area contributed by atoms with Crippen LogP contribution >= 0.6 is 0 Å². The molecular formula is C22H23N5O. The monoisotopic (exact) mass is 373 g/mol. The second-order valence-corrected chi connectivity index (χ2v) is 7.70. The lowest BCUT2D eigenvalue weighted by atomic mass is 9.98. The van der Waals surface area contributed by atoms with Crippen LogP contribution < -0.4 is 5.32 Å². The molecule has 0 bridgehead atoms. The Morgan fingerprint density at radius 2 is 1.82 bits per heavy atom. The number of amides is 1. The fourth-order valence-electron chi connectivity index (χ4n) is 4.17. The van der Waals surface area contributed by atoms with Crippen LogP contribution in [-0.4, -0.2) is 45.7 Å². The van der Waals surface area contributed by atoms with Gasteiger partial charge in [0.25, 0.3) is 5.91 Å². The quantitative estimate of drug-likeness (QED) is 0.766. The van der Waals surface area contributed by atoms with Crippen molar-refractivity contribution in [1.29, 1.82) is 0 Å². The summed E-state index contributed by atoms with van der Waals surface area (Å²) in [5.74, 6) is 0.0120. The van der Waals surface area contributed by atoms with Crippen molar-refractivity contribution in [3.63, 3.8) is 0 Å². The van der Waals surface area contributed by atoms with Crippen LogP contribution in [0.2, 0.25) is 0 Å². The Bertz CT molecular complexity index is 1020. The number of carbonyl (C=O) groups is 1. The minimum Gasteiger partial charge on any atom is -0.348 e. The number of benzene rings is 1. The summed E-state index contributed by atoms with van der Waals surface area (Å²) >= 11 is 0. The summed E-state index contributed by atoms with van der Waals surface area (Å²) in [6.07, 6.45) is 8.00. The number of likely N-dealkylation sites (tertiary alicyclic amines) is 1. The second kappa shape index (κ2) is 6.87. The van der Waals surface area contributed by atoms with Gasteiger partial charge in [0.1, 0.15) is 5.69 Å². The van der Waals surface area contributed by atoms with E-state index in [9.17, 15) is 4.79 Å². The molecule has 0 saturated carbocycles. The SMILES string of the molecule is CN1CCC(n2cc(-c3ccc4c(c3)CNC4=O)c(-c3ccncc3)n2)CC1. The van der Waals surface area contributed by atoms with Gasteiger partial charge in [0.15, 0.2) is 0 Å². The number of fused-ring (bicyclic) bond motifs is 1. The lowest BCUT2D eigenvalue weighted by Gasteiger charge is -2.29. The highest BCUT2D eigenvalue weighted by atomic mass is 16.1. The van der Waals surface area contributed by atoms with Crippen LogP contribution in [0.3, 0.4) is 0 Å². The van der Waals surface area contributed by atoms with Gasteiger partial charge in [-0.1, -0.05) is 6.07 Å². The summed E-state index contributed by atoms with van der Waals surface area (Å²) in [5, 5.41) is 7.90. The van der Waals surface area contributed by atoms with E-state index in [-0.39, 0.29) is 5.91 Å². The zero-order valence-corrected chi connectivity index (χ0v) is 15.9. The number of hydrogen-bond donors (Lipinski definition) is 1. The Morgan fingerprint density at radius 3 is 2.61 bits per heavy atom. The summed E-state index contributed by atoms with van der Waals surface area (Å²) in [7, 11) is 2.17. The highest BCUT2D eigenvalue weighted by molar-refractivity contribution is 5.99. The number of carbonyl (C=O) groups excluding carboxylic acids is 1. The van der Waals surface area contributed by atoms with Crippen LogP contribution in [0.5, 0.6) is 0 Å². The Morgan fingerprint density at radius 1 is 1.04 bits per heavy atom. The van der Waals surface area contributed by atoms with E-state index in [0.717, 1.165) is 59.4 Å². The Labute approximate surface area is 164 Å². The van der Waals surface area contributed by atoms with E-state index in [1.54, 1.807) is 12.4 Å². The van der Waals surface area contributed by atoms with Crippen LogP contribution in [0.25, 0.3) is 22.4 Å². The molecule has 28 heavy (non-hydrogen) atoms. The topological polar surface area (TPSA) is 63.0 Å². The fourth-order valence-corrected chi connectivity index (χ4v) is 4.17. The molecule has 6 heteroatoms. The van der Waals surface area contributed by atoms with Crippen molar-refractivity contribution in [2.45, 2.75) is 25.4 Å². The van der Waals surface area contributed by atoms with Crippen LogP contribution in [0, 0.1) is 0 Å². The molecule has 2 aliphatic heterocycles. The van der Waals surface area contributed by atoms with Crippen molar-refractivity contribution in [3.05, 3.63) is 60.0 Å². The number of hydrogen-bond acceptors (Lipinski definition) is 4. The van der Waals surface area contributed by atoms with Gasteiger partial charge in [-0.2, -0.15) is 5.10 Å². The molecular weight excluding hydrogens is 350 g/mol. The van der Waals surface area contributed by atoms with E-state index < -0.39 is 0 Å². The van der Waals surface area contributed by atoms with E-state index in [1.165, 1.54) is 0 Å². The van der Waals surface area contributed by atoms with Crippen LogP contribution in [0.4, 0.5) is 0 Å². The summed E-state index contributed by atoms with van der Waals surface area (Å²) in [6, 6.07) is 10.5. The highest BCUT2D eigenvalue weighted by Crippen LogP contribution is 2.35. The van der Waals surface area contributed by atoms with E-state index in [4.69, 9.17) is 5.10 Å². The van der Waals surface area contributed by atoms with Crippen molar-refractivity contribution in [2.24, 2.45) is 0 Å². The number of aromatic nitrogens is 3. The number of rotatable bonds is 3.